The van der Waals surface area contributed by atoms with Gasteiger partial charge < -0.3 is 10.2 Å². The van der Waals surface area contributed by atoms with Gasteiger partial charge in [0.25, 0.3) is 0 Å². The van der Waals surface area contributed by atoms with Gasteiger partial charge in [-0.1, -0.05) is 61.2 Å². The zero-order valence-corrected chi connectivity index (χ0v) is 22.0. The van der Waals surface area contributed by atoms with Crippen molar-refractivity contribution in [2.24, 2.45) is 0 Å². The maximum atomic E-state index is 13.6. The van der Waals surface area contributed by atoms with Crippen LogP contribution >= 0.6 is 0 Å². The smallest absolute Gasteiger partial charge is 0.244 e. The van der Waals surface area contributed by atoms with Crippen LogP contribution in [0.3, 0.4) is 0 Å². The maximum absolute atomic E-state index is 13.6. The first-order valence-corrected chi connectivity index (χ1v) is 14.1. The van der Waals surface area contributed by atoms with Crippen molar-refractivity contribution in [1.82, 2.24) is 10.2 Å². The summed E-state index contributed by atoms with van der Waals surface area (Å²) in [4.78, 5) is 28.3. The Balaban J connectivity index is 1.87. The van der Waals surface area contributed by atoms with Crippen molar-refractivity contribution in [3.05, 3.63) is 65.2 Å². The first kappa shape index (κ1) is 26.7. The summed E-state index contributed by atoms with van der Waals surface area (Å²) >= 11 is 0. The number of hydrogen-bond acceptors (Lipinski definition) is 4. The van der Waals surface area contributed by atoms with E-state index in [9.17, 15) is 18.0 Å². The van der Waals surface area contributed by atoms with E-state index in [-0.39, 0.29) is 25.0 Å². The first-order valence-electron chi connectivity index (χ1n) is 12.2. The number of carbonyl (C=O) groups is 2. The minimum atomic E-state index is -3.72. The van der Waals surface area contributed by atoms with E-state index in [0.29, 0.717) is 5.69 Å². The van der Waals surface area contributed by atoms with Crippen molar-refractivity contribution in [2.75, 3.05) is 17.1 Å². The van der Waals surface area contributed by atoms with Crippen molar-refractivity contribution >= 4 is 27.5 Å². The Kier molecular flexibility index (Phi) is 8.94. The van der Waals surface area contributed by atoms with Crippen molar-refractivity contribution in [1.29, 1.82) is 0 Å². The van der Waals surface area contributed by atoms with Crippen LogP contribution in [0.2, 0.25) is 0 Å². The lowest BCUT2D eigenvalue weighted by Gasteiger charge is -2.33. The molecule has 0 aromatic heterocycles. The number of nitrogens with one attached hydrogen (secondary N) is 1. The van der Waals surface area contributed by atoms with E-state index < -0.39 is 22.0 Å². The molecule has 8 heteroatoms. The summed E-state index contributed by atoms with van der Waals surface area (Å²) in [5.41, 5.74) is 3.33. The van der Waals surface area contributed by atoms with Gasteiger partial charge >= 0.3 is 0 Å². The highest BCUT2D eigenvalue weighted by atomic mass is 32.2. The van der Waals surface area contributed by atoms with Gasteiger partial charge in [0.1, 0.15) is 12.6 Å². The molecule has 2 aromatic rings. The third-order valence-electron chi connectivity index (χ3n) is 6.72. The number of carbonyl (C=O) groups excluding carboxylic acids is 2. The summed E-state index contributed by atoms with van der Waals surface area (Å²) in [6.07, 6.45) is 6.33. The molecule has 3 rings (SSSR count). The number of aryl methyl sites for hydroxylation is 2. The van der Waals surface area contributed by atoms with Crippen molar-refractivity contribution < 1.29 is 18.0 Å². The molecule has 1 atom stereocenters. The van der Waals surface area contributed by atoms with Gasteiger partial charge in [-0.15, -0.1) is 0 Å². The summed E-state index contributed by atoms with van der Waals surface area (Å²) < 4.78 is 26.4. The fourth-order valence-corrected chi connectivity index (χ4v) is 5.30. The lowest BCUT2D eigenvalue weighted by atomic mass is 9.95. The molecule has 0 radical (unpaired) electrons. The predicted octanol–water partition coefficient (Wildman–Crippen LogP) is 3.94. The molecule has 1 aliphatic carbocycles. The standard InChI is InChI=1S/C27H37N3O4S/c1-20-14-16-25(17-15-20)30(35(4,33)34)19-26(31)29(18-23-11-9-8-10-21(23)2)22(3)27(32)28-24-12-6-5-7-13-24/h8-11,14-17,22,24H,5-7,12-13,18-19H2,1-4H3,(H,28,32). The molecule has 1 N–H and O–H groups in total. The number of anilines is 1. The van der Waals surface area contributed by atoms with Crippen LogP contribution in [0.25, 0.3) is 0 Å². The molecule has 190 valence electrons. The fourth-order valence-electron chi connectivity index (χ4n) is 4.45. The molecule has 35 heavy (non-hydrogen) atoms. The molecule has 0 aliphatic heterocycles. The third-order valence-corrected chi connectivity index (χ3v) is 7.86. The van der Waals surface area contributed by atoms with Crippen LogP contribution in [0.4, 0.5) is 5.69 Å². The first-order chi connectivity index (χ1) is 16.6. The van der Waals surface area contributed by atoms with Gasteiger partial charge in [0, 0.05) is 12.6 Å². The summed E-state index contributed by atoms with van der Waals surface area (Å²) in [5.74, 6) is -0.634. The average Bonchev–Trinajstić information content (AvgIpc) is 2.82. The second-order valence-electron chi connectivity index (χ2n) is 9.57. The zero-order chi connectivity index (χ0) is 25.6. The monoisotopic (exact) mass is 499 g/mol. The number of benzene rings is 2. The van der Waals surface area contributed by atoms with Gasteiger partial charge in [-0.2, -0.15) is 0 Å². The minimum Gasteiger partial charge on any atom is -0.352 e. The minimum absolute atomic E-state index is 0.120. The van der Waals surface area contributed by atoms with E-state index in [4.69, 9.17) is 0 Å². The van der Waals surface area contributed by atoms with E-state index in [2.05, 4.69) is 5.32 Å². The van der Waals surface area contributed by atoms with Crippen molar-refractivity contribution in [3.8, 4) is 0 Å². The largest absolute Gasteiger partial charge is 0.352 e. The lowest BCUT2D eigenvalue weighted by molar-refractivity contribution is -0.139. The van der Waals surface area contributed by atoms with E-state index in [0.717, 1.165) is 52.9 Å². The van der Waals surface area contributed by atoms with Crippen molar-refractivity contribution in [3.63, 3.8) is 0 Å². The highest BCUT2D eigenvalue weighted by Crippen LogP contribution is 2.21. The topological polar surface area (TPSA) is 86.8 Å². The second kappa shape index (κ2) is 11.7. The van der Waals surface area contributed by atoms with Gasteiger partial charge in [0.05, 0.1) is 11.9 Å². The predicted molar refractivity (Wildman–Crippen MR) is 140 cm³/mol. The normalized spacial score (nSPS) is 15.3. The van der Waals surface area contributed by atoms with Crippen LogP contribution in [0.15, 0.2) is 48.5 Å². The SMILES string of the molecule is Cc1ccc(N(CC(=O)N(Cc2ccccc2C)C(C)C(=O)NC2CCCCC2)S(C)(=O)=O)cc1. The van der Waals surface area contributed by atoms with Gasteiger partial charge in [-0.05, 0) is 56.9 Å². The molecule has 0 heterocycles. The van der Waals surface area contributed by atoms with E-state index in [1.54, 1.807) is 19.1 Å². The highest BCUT2D eigenvalue weighted by Gasteiger charge is 2.31. The Morgan fingerprint density at radius 1 is 1.00 bits per heavy atom. The number of sulfonamides is 1. The lowest BCUT2D eigenvalue weighted by Crippen LogP contribution is -2.53. The Bertz CT molecular complexity index is 1130. The van der Waals surface area contributed by atoms with Crippen molar-refractivity contribution in [2.45, 2.75) is 71.5 Å². The summed E-state index contributed by atoms with van der Waals surface area (Å²) in [5, 5.41) is 3.11. The number of amides is 2. The molecular weight excluding hydrogens is 462 g/mol. The highest BCUT2D eigenvalue weighted by molar-refractivity contribution is 7.92. The van der Waals surface area contributed by atoms with Crippen LogP contribution in [-0.2, 0) is 26.2 Å². The van der Waals surface area contributed by atoms with Gasteiger partial charge in [0.2, 0.25) is 21.8 Å². The van der Waals surface area contributed by atoms with E-state index in [1.807, 2.05) is 50.2 Å². The third kappa shape index (κ3) is 7.31. The Labute approximate surface area is 209 Å². The molecule has 1 aliphatic rings. The molecule has 1 saturated carbocycles. The van der Waals surface area contributed by atoms with Crippen LogP contribution in [0, 0.1) is 13.8 Å². The zero-order valence-electron chi connectivity index (χ0n) is 21.2. The second-order valence-corrected chi connectivity index (χ2v) is 11.5. The fraction of sp³-hybridized carbons (Fsp3) is 0.481. The Morgan fingerprint density at radius 2 is 1.63 bits per heavy atom. The molecule has 7 nitrogen and oxygen atoms in total. The Morgan fingerprint density at radius 3 is 2.23 bits per heavy atom. The summed E-state index contributed by atoms with van der Waals surface area (Å²) in [7, 11) is -3.72. The van der Waals surface area contributed by atoms with Crippen LogP contribution < -0.4 is 9.62 Å². The summed E-state index contributed by atoms with van der Waals surface area (Å²) in [6, 6.07) is 14.1. The number of nitrogens with zero attached hydrogens (tertiary/aromatic N) is 2. The number of rotatable bonds is 9. The Hall–Kier alpha value is -2.87. The van der Waals surface area contributed by atoms with Crippen LogP contribution in [0.5, 0.6) is 0 Å². The maximum Gasteiger partial charge on any atom is 0.244 e. The molecule has 0 saturated heterocycles. The van der Waals surface area contributed by atoms with E-state index in [1.165, 1.54) is 11.3 Å². The molecular formula is C27H37N3O4S. The van der Waals surface area contributed by atoms with Gasteiger partial charge in [-0.3, -0.25) is 13.9 Å². The summed E-state index contributed by atoms with van der Waals surface area (Å²) in [6.45, 7) is 5.42. The average molecular weight is 500 g/mol. The van der Waals surface area contributed by atoms with Gasteiger partial charge in [-0.25, -0.2) is 8.42 Å². The number of hydrogen-bond donors (Lipinski definition) is 1. The van der Waals surface area contributed by atoms with E-state index >= 15 is 0 Å². The van der Waals surface area contributed by atoms with Gasteiger partial charge in [0.15, 0.2) is 0 Å². The molecule has 2 amide bonds. The molecule has 0 spiro atoms. The molecule has 1 fully saturated rings. The quantitative estimate of drug-likeness (QED) is 0.566. The van der Waals surface area contributed by atoms with Crippen LogP contribution in [-0.4, -0.2) is 50.0 Å². The molecule has 1 unspecified atom stereocenters. The molecule has 2 aromatic carbocycles. The van der Waals surface area contributed by atoms with Crippen LogP contribution in [0.1, 0.15) is 55.7 Å². The molecule has 0 bridgehead atoms.